The second-order valence-corrected chi connectivity index (χ2v) is 4.61. The fourth-order valence-corrected chi connectivity index (χ4v) is 2.20. The molecule has 1 aromatic carbocycles. The number of ether oxygens (including phenoxy) is 1. The number of nitro groups is 1. The lowest BCUT2D eigenvalue weighted by Crippen LogP contribution is -1.89. The molecule has 0 unspecified atom stereocenters. The second kappa shape index (κ2) is 5.30. The smallest absolute Gasteiger partial charge is 0.280 e. The predicted octanol–water partition coefficient (Wildman–Crippen LogP) is 2.99. The minimum absolute atomic E-state index is 0.0717. The van der Waals surface area contributed by atoms with E-state index < -0.39 is 4.92 Å². The van der Waals surface area contributed by atoms with Crippen LogP contribution in [-0.4, -0.2) is 15.0 Å². The number of aromatic nitrogens is 1. The summed E-state index contributed by atoms with van der Waals surface area (Å²) < 4.78 is 5.34. The van der Waals surface area contributed by atoms with E-state index in [1.165, 1.54) is 18.2 Å². The highest BCUT2D eigenvalue weighted by molar-refractivity contribution is 7.13. The molecule has 0 atom stereocenters. The van der Waals surface area contributed by atoms with Gasteiger partial charge in [-0.25, -0.2) is 0 Å². The first-order valence-corrected chi connectivity index (χ1v) is 5.98. The Hall–Kier alpha value is -1.70. The number of halogens is 1. The van der Waals surface area contributed by atoms with Crippen LogP contribution in [0, 0.1) is 10.1 Å². The van der Waals surface area contributed by atoms with Gasteiger partial charge in [-0.05, 0) is 6.07 Å². The fourth-order valence-electron chi connectivity index (χ4n) is 1.22. The van der Waals surface area contributed by atoms with Gasteiger partial charge in [0.15, 0.2) is 0 Å². The van der Waals surface area contributed by atoms with Gasteiger partial charge in [0.25, 0.3) is 10.9 Å². The van der Waals surface area contributed by atoms with Crippen LogP contribution in [0.4, 0.5) is 5.69 Å². The van der Waals surface area contributed by atoms with Crippen molar-refractivity contribution in [2.75, 3.05) is 0 Å². The Balaban J connectivity index is 2.22. The molecule has 8 heteroatoms. The molecule has 0 aliphatic carbocycles. The third kappa shape index (κ3) is 2.76. The summed E-state index contributed by atoms with van der Waals surface area (Å²) in [6, 6.07) is 5.73. The molecule has 2 rings (SSSR count). The molecule has 0 aliphatic rings. The topological polar surface area (TPSA) is 85.5 Å². The van der Waals surface area contributed by atoms with E-state index in [4.69, 9.17) is 21.4 Å². The van der Waals surface area contributed by atoms with Gasteiger partial charge in [0, 0.05) is 6.07 Å². The number of nitrogens with zero attached hydrogens (tertiary/aromatic N) is 2. The average Bonchev–Trinajstić information content (AvgIpc) is 2.69. The molecule has 1 N–H and O–H groups in total. The van der Waals surface area contributed by atoms with Gasteiger partial charge in [0.1, 0.15) is 10.9 Å². The largest absolute Gasteiger partial charge is 0.431 e. The highest BCUT2D eigenvalue weighted by Gasteiger charge is 2.12. The van der Waals surface area contributed by atoms with Gasteiger partial charge in [-0.2, -0.15) is 4.98 Å². The van der Waals surface area contributed by atoms with Gasteiger partial charge in [-0.15, -0.1) is 0 Å². The minimum atomic E-state index is -0.513. The molecular formula is C10H7ClN2O4S. The number of non-ortho nitro benzene ring substituents is 1. The highest BCUT2D eigenvalue weighted by Crippen LogP contribution is 2.32. The number of benzene rings is 1. The molecule has 0 aliphatic heterocycles. The molecule has 1 aromatic heterocycles. The van der Waals surface area contributed by atoms with E-state index in [9.17, 15) is 10.1 Å². The maximum absolute atomic E-state index is 10.6. The molecular weight excluding hydrogens is 280 g/mol. The van der Waals surface area contributed by atoms with E-state index in [-0.39, 0.29) is 22.6 Å². The molecule has 1 heterocycles. The lowest BCUT2D eigenvalue weighted by molar-refractivity contribution is -0.384. The lowest BCUT2D eigenvalue weighted by Gasteiger charge is -2.00. The van der Waals surface area contributed by atoms with Gasteiger partial charge in [0.2, 0.25) is 0 Å². The highest BCUT2D eigenvalue weighted by atomic mass is 35.5. The van der Waals surface area contributed by atoms with Crippen LogP contribution in [0.1, 0.15) is 4.88 Å². The number of aliphatic hydroxyl groups is 1. The van der Waals surface area contributed by atoms with Crippen molar-refractivity contribution < 1.29 is 14.8 Å². The summed E-state index contributed by atoms with van der Waals surface area (Å²) in [5.74, 6) is 0.291. The molecule has 0 saturated heterocycles. The number of aliphatic hydroxyl groups excluding tert-OH is 1. The van der Waals surface area contributed by atoms with Crippen LogP contribution >= 0.6 is 22.9 Å². The first-order valence-electron chi connectivity index (χ1n) is 4.78. The van der Waals surface area contributed by atoms with E-state index in [1.54, 1.807) is 6.07 Å². The first-order chi connectivity index (χ1) is 8.60. The summed E-state index contributed by atoms with van der Waals surface area (Å²) in [7, 11) is 0. The van der Waals surface area contributed by atoms with Crippen LogP contribution < -0.4 is 4.74 Å². The first kappa shape index (κ1) is 12.7. The zero-order valence-corrected chi connectivity index (χ0v) is 10.4. The number of thiazole rings is 1. The van der Waals surface area contributed by atoms with Crippen molar-refractivity contribution in [3.8, 4) is 10.9 Å². The predicted molar refractivity (Wildman–Crippen MR) is 66.2 cm³/mol. The van der Waals surface area contributed by atoms with Crippen molar-refractivity contribution in [3.63, 3.8) is 0 Å². The zero-order chi connectivity index (χ0) is 13.1. The molecule has 6 nitrogen and oxygen atoms in total. The fraction of sp³-hybridized carbons (Fsp3) is 0.100. The third-order valence-electron chi connectivity index (χ3n) is 2.01. The quantitative estimate of drug-likeness (QED) is 0.690. The van der Waals surface area contributed by atoms with Crippen LogP contribution in [0.15, 0.2) is 24.3 Å². The third-order valence-corrected chi connectivity index (χ3v) is 3.35. The van der Waals surface area contributed by atoms with Crippen molar-refractivity contribution in [1.82, 2.24) is 4.98 Å². The Bertz CT molecular complexity index is 587. The van der Waals surface area contributed by atoms with Crippen molar-refractivity contribution in [2.45, 2.75) is 6.61 Å². The van der Waals surface area contributed by atoms with E-state index in [0.29, 0.717) is 10.6 Å². The summed E-state index contributed by atoms with van der Waals surface area (Å²) in [5.41, 5.74) is -0.0717. The van der Waals surface area contributed by atoms with Crippen LogP contribution in [0.25, 0.3) is 0 Å². The van der Waals surface area contributed by atoms with Crippen LogP contribution in [0.5, 0.6) is 10.9 Å². The Morgan fingerprint density at radius 3 is 2.94 bits per heavy atom. The Morgan fingerprint density at radius 2 is 2.33 bits per heavy atom. The lowest BCUT2D eigenvalue weighted by atomic mass is 10.3. The SMILES string of the molecule is O=[N+]([O-])c1cccc(Oc2nc(Cl)c(CO)s2)c1. The van der Waals surface area contributed by atoms with E-state index in [1.807, 2.05) is 0 Å². The van der Waals surface area contributed by atoms with Crippen LogP contribution in [0.2, 0.25) is 5.15 Å². The van der Waals surface area contributed by atoms with Gasteiger partial charge < -0.3 is 9.84 Å². The number of hydrogen-bond acceptors (Lipinski definition) is 6. The molecule has 0 spiro atoms. The molecule has 0 fully saturated rings. The van der Waals surface area contributed by atoms with Crippen molar-refractivity contribution in [1.29, 1.82) is 0 Å². The standard InChI is InChI=1S/C10H7ClN2O4S/c11-9-8(5-14)18-10(12-9)17-7-3-1-2-6(4-7)13(15)16/h1-4,14H,5H2. The van der Waals surface area contributed by atoms with Gasteiger partial charge in [-0.3, -0.25) is 10.1 Å². The second-order valence-electron chi connectivity index (χ2n) is 3.21. The van der Waals surface area contributed by atoms with E-state index >= 15 is 0 Å². The molecule has 2 aromatic rings. The monoisotopic (exact) mass is 286 g/mol. The number of nitro benzene ring substituents is 1. The van der Waals surface area contributed by atoms with E-state index in [0.717, 1.165) is 11.3 Å². The Kier molecular flexibility index (Phi) is 3.75. The number of hydrogen-bond donors (Lipinski definition) is 1. The summed E-state index contributed by atoms with van der Waals surface area (Å²) in [6.07, 6.45) is 0. The maximum atomic E-state index is 10.6. The van der Waals surface area contributed by atoms with Gasteiger partial charge in [-0.1, -0.05) is 29.0 Å². The van der Waals surface area contributed by atoms with Crippen LogP contribution in [-0.2, 0) is 6.61 Å². The minimum Gasteiger partial charge on any atom is -0.431 e. The summed E-state index contributed by atoms with van der Waals surface area (Å²) in [5, 5.41) is 19.9. The zero-order valence-electron chi connectivity index (χ0n) is 8.87. The summed E-state index contributed by atoms with van der Waals surface area (Å²) in [4.78, 5) is 14.4. The van der Waals surface area contributed by atoms with Crippen molar-refractivity contribution >= 4 is 28.6 Å². The Labute approximate surface area is 111 Å². The van der Waals surface area contributed by atoms with Crippen LogP contribution in [0.3, 0.4) is 0 Å². The summed E-state index contributed by atoms with van der Waals surface area (Å²) in [6.45, 7) is -0.227. The molecule has 0 radical (unpaired) electrons. The normalized spacial score (nSPS) is 10.3. The molecule has 0 saturated carbocycles. The summed E-state index contributed by atoms with van der Waals surface area (Å²) >= 11 is 6.83. The van der Waals surface area contributed by atoms with Crippen molar-refractivity contribution in [2.24, 2.45) is 0 Å². The van der Waals surface area contributed by atoms with E-state index in [2.05, 4.69) is 4.98 Å². The van der Waals surface area contributed by atoms with Gasteiger partial charge >= 0.3 is 0 Å². The van der Waals surface area contributed by atoms with Gasteiger partial charge in [0.05, 0.1) is 22.5 Å². The maximum Gasteiger partial charge on any atom is 0.280 e. The molecule has 94 valence electrons. The molecule has 0 bridgehead atoms. The number of rotatable bonds is 4. The Morgan fingerprint density at radius 1 is 1.56 bits per heavy atom. The van der Waals surface area contributed by atoms with Crippen molar-refractivity contribution in [3.05, 3.63) is 44.4 Å². The average molecular weight is 287 g/mol. The molecule has 0 amide bonds. The molecule has 18 heavy (non-hydrogen) atoms.